The number of amides is 1. The summed E-state index contributed by atoms with van der Waals surface area (Å²) in [6.07, 6.45) is 0.532. The molecule has 0 saturated carbocycles. The standard InChI is InChI=1S/C20H27ClN4O2/c1-5-18(26)25-10-9-23(12-13(25)3)14(4)19-22-17-8-7-15(21)11-16(17)20(27)24(19)6-2/h7-8,11,13-14H,5-6,9-10,12H2,1-4H3. The first-order valence-electron chi connectivity index (χ1n) is 9.60. The van der Waals surface area contributed by atoms with E-state index in [0.29, 0.717) is 35.4 Å². The van der Waals surface area contributed by atoms with E-state index in [1.807, 2.05) is 18.7 Å². The Morgan fingerprint density at radius 1 is 1.33 bits per heavy atom. The molecule has 0 radical (unpaired) electrons. The highest BCUT2D eigenvalue weighted by Gasteiger charge is 2.31. The molecule has 1 aromatic heterocycles. The zero-order chi connectivity index (χ0) is 19.7. The lowest BCUT2D eigenvalue weighted by molar-refractivity contribution is -0.135. The minimum Gasteiger partial charge on any atom is -0.337 e. The van der Waals surface area contributed by atoms with E-state index in [4.69, 9.17) is 16.6 Å². The van der Waals surface area contributed by atoms with Crippen LogP contribution < -0.4 is 5.56 Å². The molecule has 1 aromatic carbocycles. The van der Waals surface area contributed by atoms with Crippen molar-refractivity contribution in [2.75, 3.05) is 19.6 Å². The van der Waals surface area contributed by atoms with Gasteiger partial charge in [0.15, 0.2) is 0 Å². The van der Waals surface area contributed by atoms with Crippen molar-refractivity contribution in [1.29, 1.82) is 0 Å². The number of nitrogens with zero attached hydrogens (tertiary/aromatic N) is 4. The van der Waals surface area contributed by atoms with Crippen LogP contribution in [0, 0.1) is 0 Å². The monoisotopic (exact) mass is 390 g/mol. The van der Waals surface area contributed by atoms with Crippen LogP contribution in [0.1, 0.15) is 46.0 Å². The van der Waals surface area contributed by atoms with Gasteiger partial charge < -0.3 is 4.90 Å². The van der Waals surface area contributed by atoms with Gasteiger partial charge in [-0.15, -0.1) is 0 Å². The zero-order valence-corrected chi connectivity index (χ0v) is 17.2. The summed E-state index contributed by atoms with van der Waals surface area (Å²) < 4.78 is 1.73. The lowest BCUT2D eigenvalue weighted by atomic mass is 10.1. The quantitative estimate of drug-likeness (QED) is 0.805. The zero-order valence-electron chi connectivity index (χ0n) is 16.4. The summed E-state index contributed by atoms with van der Waals surface area (Å²) in [6.45, 7) is 10.8. The number of rotatable bonds is 4. The van der Waals surface area contributed by atoms with Crippen LogP contribution >= 0.6 is 11.6 Å². The van der Waals surface area contributed by atoms with Crippen molar-refractivity contribution >= 4 is 28.4 Å². The molecule has 0 bridgehead atoms. The molecule has 2 aromatic rings. The normalized spacial score (nSPS) is 19.4. The maximum absolute atomic E-state index is 13.0. The molecule has 7 heteroatoms. The van der Waals surface area contributed by atoms with E-state index >= 15 is 0 Å². The summed E-state index contributed by atoms with van der Waals surface area (Å²) in [4.78, 5) is 34.1. The molecule has 146 valence electrons. The maximum atomic E-state index is 13.0. The molecule has 3 rings (SSSR count). The smallest absolute Gasteiger partial charge is 0.261 e. The van der Waals surface area contributed by atoms with E-state index in [2.05, 4.69) is 18.7 Å². The summed E-state index contributed by atoms with van der Waals surface area (Å²) in [6, 6.07) is 5.38. The van der Waals surface area contributed by atoms with E-state index in [0.717, 1.165) is 18.9 Å². The second-order valence-electron chi connectivity index (χ2n) is 7.14. The molecule has 1 amide bonds. The number of aromatic nitrogens is 2. The predicted molar refractivity (Wildman–Crippen MR) is 108 cm³/mol. The molecule has 0 spiro atoms. The fourth-order valence-corrected chi connectivity index (χ4v) is 4.08. The van der Waals surface area contributed by atoms with Gasteiger partial charge in [-0.2, -0.15) is 0 Å². The molecular formula is C20H27ClN4O2. The van der Waals surface area contributed by atoms with E-state index in [1.165, 1.54) is 0 Å². The number of carbonyl (C=O) groups is 1. The summed E-state index contributed by atoms with van der Waals surface area (Å²) in [7, 11) is 0. The number of hydrogen-bond donors (Lipinski definition) is 0. The topological polar surface area (TPSA) is 58.4 Å². The highest BCUT2D eigenvalue weighted by molar-refractivity contribution is 6.31. The molecule has 1 saturated heterocycles. The van der Waals surface area contributed by atoms with Crippen LogP contribution in [0.4, 0.5) is 0 Å². The number of benzene rings is 1. The molecule has 2 atom stereocenters. The summed E-state index contributed by atoms with van der Waals surface area (Å²) in [5.74, 6) is 0.959. The van der Waals surface area contributed by atoms with E-state index in [1.54, 1.807) is 22.8 Å². The average molecular weight is 391 g/mol. The molecule has 27 heavy (non-hydrogen) atoms. The number of carbonyl (C=O) groups excluding carboxylic acids is 1. The number of fused-ring (bicyclic) bond motifs is 1. The Kier molecular flexibility index (Phi) is 5.86. The summed E-state index contributed by atoms with van der Waals surface area (Å²) >= 11 is 6.06. The van der Waals surface area contributed by atoms with Crippen LogP contribution in [0.3, 0.4) is 0 Å². The fourth-order valence-electron chi connectivity index (χ4n) is 3.91. The van der Waals surface area contributed by atoms with Gasteiger partial charge in [-0.25, -0.2) is 4.98 Å². The Morgan fingerprint density at radius 3 is 2.70 bits per heavy atom. The first kappa shape index (κ1) is 19.8. The minimum absolute atomic E-state index is 0.0148. The minimum atomic E-state index is -0.0558. The van der Waals surface area contributed by atoms with Crippen molar-refractivity contribution in [3.05, 3.63) is 39.4 Å². The maximum Gasteiger partial charge on any atom is 0.261 e. The van der Waals surface area contributed by atoms with E-state index in [-0.39, 0.29) is 23.6 Å². The van der Waals surface area contributed by atoms with Gasteiger partial charge in [0.05, 0.1) is 16.9 Å². The molecule has 0 aliphatic carbocycles. The Bertz CT molecular complexity index is 911. The molecule has 1 aliphatic rings. The lowest BCUT2D eigenvalue weighted by Gasteiger charge is -2.42. The highest BCUT2D eigenvalue weighted by atomic mass is 35.5. The third-order valence-corrected chi connectivity index (χ3v) is 5.70. The summed E-state index contributed by atoms with van der Waals surface area (Å²) in [5, 5.41) is 1.09. The average Bonchev–Trinajstić information content (AvgIpc) is 2.67. The number of halogens is 1. The highest BCUT2D eigenvalue weighted by Crippen LogP contribution is 2.24. The molecule has 6 nitrogen and oxygen atoms in total. The van der Waals surface area contributed by atoms with Gasteiger partial charge in [0.25, 0.3) is 5.56 Å². The third kappa shape index (κ3) is 3.73. The number of piperazine rings is 1. The van der Waals surface area contributed by atoms with Crippen LogP contribution in [0.15, 0.2) is 23.0 Å². The van der Waals surface area contributed by atoms with Crippen LogP contribution in [0.5, 0.6) is 0 Å². The molecule has 1 aliphatic heterocycles. The molecule has 1 fully saturated rings. The van der Waals surface area contributed by atoms with Gasteiger partial charge >= 0.3 is 0 Å². The molecule has 2 heterocycles. The first-order chi connectivity index (χ1) is 12.9. The van der Waals surface area contributed by atoms with Crippen LogP contribution in [-0.4, -0.2) is 50.9 Å². The van der Waals surface area contributed by atoms with Crippen molar-refractivity contribution in [2.45, 2.75) is 52.7 Å². The van der Waals surface area contributed by atoms with Gasteiger partial charge in [0.1, 0.15) is 5.82 Å². The van der Waals surface area contributed by atoms with Gasteiger partial charge in [-0.3, -0.25) is 19.1 Å². The number of hydrogen-bond acceptors (Lipinski definition) is 4. The largest absolute Gasteiger partial charge is 0.337 e. The predicted octanol–water partition coefficient (Wildman–Crippen LogP) is 3.07. The SMILES string of the molecule is CCC(=O)N1CCN(C(C)c2nc3ccc(Cl)cc3c(=O)n2CC)CC1C. The van der Waals surface area contributed by atoms with Gasteiger partial charge in [0, 0.05) is 43.7 Å². The van der Waals surface area contributed by atoms with E-state index in [9.17, 15) is 9.59 Å². The van der Waals surface area contributed by atoms with Crippen molar-refractivity contribution in [1.82, 2.24) is 19.4 Å². The van der Waals surface area contributed by atoms with Gasteiger partial charge in [-0.05, 0) is 39.0 Å². The van der Waals surface area contributed by atoms with E-state index < -0.39 is 0 Å². The summed E-state index contributed by atoms with van der Waals surface area (Å²) in [5.41, 5.74) is 0.614. The second-order valence-corrected chi connectivity index (χ2v) is 7.58. The van der Waals surface area contributed by atoms with Crippen molar-refractivity contribution in [2.24, 2.45) is 0 Å². The Balaban J connectivity index is 1.94. The van der Waals surface area contributed by atoms with Crippen LogP contribution in [0.25, 0.3) is 10.9 Å². The molecule has 2 unspecified atom stereocenters. The Labute approximate surface area is 164 Å². The van der Waals surface area contributed by atoms with Crippen molar-refractivity contribution < 1.29 is 4.79 Å². The van der Waals surface area contributed by atoms with Crippen molar-refractivity contribution in [3.8, 4) is 0 Å². The second kappa shape index (κ2) is 7.98. The van der Waals surface area contributed by atoms with Gasteiger partial charge in [0.2, 0.25) is 5.91 Å². The van der Waals surface area contributed by atoms with Crippen LogP contribution in [0.2, 0.25) is 5.02 Å². The van der Waals surface area contributed by atoms with Crippen molar-refractivity contribution in [3.63, 3.8) is 0 Å². The third-order valence-electron chi connectivity index (χ3n) is 5.47. The lowest BCUT2D eigenvalue weighted by Crippen LogP contribution is -2.54. The first-order valence-corrected chi connectivity index (χ1v) is 9.98. The Hall–Kier alpha value is -1.92. The fraction of sp³-hybridized carbons (Fsp3) is 0.550. The Morgan fingerprint density at radius 2 is 2.07 bits per heavy atom. The molecule has 0 N–H and O–H groups in total. The van der Waals surface area contributed by atoms with Crippen LogP contribution in [-0.2, 0) is 11.3 Å². The van der Waals surface area contributed by atoms with Gasteiger partial charge in [-0.1, -0.05) is 18.5 Å². The molecular weight excluding hydrogens is 364 g/mol.